The molecule has 0 radical (unpaired) electrons. The summed E-state index contributed by atoms with van der Waals surface area (Å²) < 4.78 is 13.4. The Morgan fingerprint density at radius 1 is 1.44 bits per heavy atom. The summed E-state index contributed by atoms with van der Waals surface area (Å²) in [6.45, 7) is 0. The van der Waals surface area contributed by atoms with E-state index in [2.05, 4.69) is 15.8 Å². The van der Waals surface area contributed by atoms with Gasteiger partial charge < -0.3 is 5.32 Å². The van der Waals surface area contributed by atoms with Crippen molar-refractivity contribution in [2.75, 3.05) is 5.32 Å². The predicted molar refractivity (Wildman–Crippen MR) is 64.9 cm³/mol. The summed E-state index contributed by atoms with van der Waals surface area (Å²) in [6.07, 6.45) is 0.419. The van der Waals surface area contributed by atoms with Crippen LogP contribution in [0.3, 0.4) is 0 Å². The van der Waals surface area contributed by atoms with Gasteiger partial charge in [0.1, 0.15) is 11.5 Å². The van der Waals surface area contributed by atoms with Gasteiger partial charge in [-0.15, -0.1) is 0 Å². The molecule has 0 spiro atoms. The molecule has 0 aliphatic carbocycles. The maximum absolute atomic E-state index is 13.4. The van der Waals surface area contributed by atoms with E-state index in [0.29, 0.717) is 0 Å². The highest BCUT2D eigenvalue weighted by Gasteiger charge is 2.19. The minimum Gasteiger partial charge on any atom is -0.318 e. The quantitative estimate of drug-likeness (QED) is 0.858. The van der Waals surface area contributed by atoms with Crippen LogP contribution in [0.25, 0.3) is 0 Å². The number of halogens is 2. The van der Waals surface area contributed by atoms with E-state index in [4.69, 9.17) is 11.6 Å². The van der Waals surface area contributed by atoms with Gasteiger partial charge in [0.2, 0.25) is 5.91 Å². The lowest BCUT2D eigenvalue weighted by Gasteiger charge is -2.12. The number of carbonyl (C=O) groups is 2. The van der Waals surface area contributed by atoms with Gasteiger partial charge in [-0.05, 0) is 18.2 Å². The summed E-state index contributed by atoms with van der Waals surface area (Å²) in [5, 5.41) is 6.22. The first-order valence-electron chi connectivity index (χ1n) is 5.18. The number of hydrogen-bond donors (Lipinski definition) is 2. The highest BCUT2D eigenvalue weighted by molar-refractivity contribution is 6.43. The van der Waals surface area contributed by atoms with E-state index < -0.39 is 11.7 Å². The number of anilines is 1. The minimum atomic E-state index is -0.628. The molecule has 1 aromatic rings. The second-order valence-electron chi connectivity index (χ2n) is 3.67. The second kappa shape index (κ2) is 5.14. The molecular weight excluding hydrogens is 261 g/mol. The molecule has 1 aromatic carbocycles. The molecule has 0 unspecified atom stereocenters. The summed E-state index contributed by atoms with van der Waals surface area (Å²) in [5.41, 5.74) is 2.37. The summed E-state index contributed by atoms with van der Waals surface area (Å²) in [5.74, 6) is -1.42. The summed E-state index contributed by atoms with van der Waals surface area (Å²) in [4.78, 5) is 22.6. The van der Waals surface area contributed by atoms with Gasteiger partial charge in [-0.25, -0.2) is 9.82 Å². The lowest BCUT2D eigenvalue weighted by Crippen LogP contribution is -2.32. The molecule has 5 nitrogen and oxygen atoms in total. The fraction of sp³-hybridized carbons (Fsp3) is 0.182. The number of nitrogens with zero attached hydrogens (tertiary/aromatic N) is 1. The first-order chi connectivity index (χ1) is 8.56. The molecule has 0 fully saturated rings. The average Bonchev–Trinajstić information content (AvgIpc) is 2.33. The van der Waals surface area contributed by atoms with Gasteiger partial charge in [0.25, 0.3) is 5.91 Å². The van der Waals surface area contributed by atoms with E-state index in [1.807, 2.05) is 0 Å². The third kappa shape index (κ3) is 2.84. The molecule has 2 amide bonds. The van der Waals surface area contributed by atoms with Crippen molar-refractivity contribution < 1.29 is 14.0 Å². The third-order valence-corrected chi connectivity index (χ3v) is 2.58. The van der Waals surface area contributed by atoms with E-state index in [0.717, 1.165) is 6.07 Å². The summed E-state index contributed by atoms with van der Waals surface area (Å²) >= 11 is 5.59. The molecule has 0 saturated heterocycles. The third-order valence-electron chi connectivity index (χ3n) is 2.35. The van der Waals surface area contributed by atoms with Crippen LogP contribution >= 0.6 is 11.6 Å². The van der Waals surface area contributed by atoms with Crippen molar-refractivity contribution in [1.82, 2.24) is 5.43 Å². The standard InChI is InChI=1S/C11H9ClFN3O2/c12-6-1-2-8(7(13)5-6)14-11(18)9-3-4-10(17)16-15-9/h1-2,5H,3-4H2,(H,14,18)(H,16,17). The van der Waals surface area contributed by atoms with Crippen LogP contribution in [0, 0.1) is 5.82 Å². The van der Waals surface area contributed by atoms with Crippen molar-refractivity contribution >= 4 is 34.8 Å². The van der Waals surface area contributed by atoms with E-state index in [9.17, 15) is 14.0 Å². The molecule has 0 atom stereocenters. The first-order valence-corrected chi connectivity index (χ1v) is 5.56. The van der Waals surface area contributed by atoms with Crippen LogP contribution in [0.2, 0.25) is 5.02 Å². The number of rotatable bonds is 2. The van der Waals surface area contributed by atoms with Gasteiger partial charge in [-0.3, -0.25) is 9.59 Å². The molecule has 2 rings (SSSR count). The Morgan fingerprint density at radius 2 is 2.22 bits per heavy atom. The van der Waals surface area contributed by atoms with Crippen LogP contribution in [-0.4, -0.2) is 17.5 Å². The van der Waals surface area contributed by atoms with Crippen LogP contribution in [-0.2, 0) is 9.59 Å². The van der Waals surface area contributed by atoms with Gasteiger partial charge in [0.05, 0.1) is 5.69 Å². The molecule has 1 aliphatic rings. The van der Waals surface area contributed by atoms with Crippen LogP contribution in [0.4, 0.5) is 10.1 Å². The zero-order valence-corrected chi connectivity index (χ0v) is 9.92. The average molecular weight is 270 g/mol. The van der Waals surface area contributed by atoms with E-state index in [-0.39, 0.29) is 35.2 Å². The maximum Gasteiger partial charge on any atom is 0.271 e. The zero-order chi connectivity index (χ0) is 13.1. The fourth-order valence-corrected chi connectivity index (χ4v) is 1.58. The van der Waals surface area contributed by atoms with Crippen LogP contribution in [0.1, 0.15) is 12.8 Å². The van der Waals surface area contributed by atoms with E-state index in [1.165, 1.54) is 12.1 Å². The predicted octanol–water partition coefficient (Wildman–Crippen LogP) is 1.68. The Labute approximate surface area is 107 Å². The molecule has 1 aliphatic heterocycles. The lowest BCUT2D eigenvalue weighted by molar-refractivity contribution is -0.121. The second-order valence-corrected chi connectivity index (χ2v) is 4.11. The number of benzene rings is 1. The van der Waals surface area contributed by atoms with Gasteiger partial charge in [0, 0.05) is 17.9 Å². The Hall–Kier alpha value is -1.95. The highest BCUT2D eigenvalue weighted by Crippen LogP contribution is 2.19. The summed E-state index contributed by atoms with van der Waals surface area (Å²) in [7, 11) is 0. The molecule has 94 valence electrons. The molecule has 7 heteroatoms. The molecule has 1 heterocycles. The molecule has 2 N–H and O–H groups in total. The van der Waals surface area contributed by atoms with Gasteiger partial charge in [-0.2, -0.15) is 5.10 Å². The molecule has 18 heavy (non-hydrogen) atoms. The SMILES string of the molecule is O=C1CCC(C(=O)Nc2ccc(Cl)cc2F)=NN1. The maximum atomic E-state index is 13.4. The van der Waals surface area contributed by atoms with Crippen LogP contribution < -0.4 is 10.7 Å². The smallest absolute Gasteiger partial charge is 0.271 e. The molecule has 0 bridgehead atoms. The minimum absolute atomic E-state index is 0.0176. The van der Waals surface area contributed by atoms with Gasteiger partial charge in [-0.1, -0.05) is 11.6 Å². The van der Waals surface area contributed by atoms with Crippen molar-refractivity contribution in [3.63, 3.8) is 0 Å². The molecule has 0 saturated carbocycles. The number of carbonyl (C=O) groups excluding carboxylic acids is 2. The number of nitrogens with one attached hydrogen (secondary N) is 2. The normalized spacial score (nSPS) is 14.8. The van der Waals surface area contributed by atoms with E-state index in [1.54, 1.807) is 0 Å². The Bertz CT molecular complexity index is 545. The molecule has 0 aromatic heterocycles. The topological polar surface area (TPSA) is 70.6 Å². The van der Waals surface area contributed by atoms with Crippen molar-refractivity contribution in [2.24, 2.45) is 5.10 Å². The van der Waals surface area contributed by atoms with Gasteiger partial charge >= 0.3 is 0 Å². The van der Waals surface area contributed by atoms with E-state index >= 15 is 0 Å². The zero-order valence-electron chi connectivity index (χ0n) is 9.17. The Balaban J connectivity index is 2.09. The fourth-order valence-electron chi connectivity index (χ4n) is 1.42. The van der Waals surface area contributed by atoms with Crippen LogP contribution in [0.15, 0.2) is 23.3 Å². The Morgan fingerprint density at radius 3 is 2.83 bits per heavy atom. The number of amides is 2. The van der Waals surface area contributed by atoms with Crippen molar-refractivity contribution in [2.45, 2.75) is 12.8 Å². The number of hydrogen-bond acceptors (Lipinski definition) is 3. The Kier molecular flexibility index (Phi) is 3.57. The van der Waals surface area contributed by atoms with Gasteiger partial charge in [0.15, 0.2) is 0 Å². The van der Waals surface area contributed by atoms with Crippen molar-refractivity contribution in [1.29, 1.82) is 0 Å². The summed E-state index contributed by atoms with van der Waals surface area (Å²) in [6, 6.07) is 3.92. The molecular formula is C11H9ClFN3O2. The van der Waals surface area contributed by atoms with Crippen molar-refractivity contribution in [3.05, 3.63) is 29.0 Å². The first kappa shape index (κ1) is 12.5. The lowest BCUT2D eigenvalue weighted by atomic mass is 10.1. The monoisotopic (exact) mass is 269 g/mol. The number of hydrazone groups is 1. The van der Waals surface area contributed by atoms with Crippen molar-refractivity contribution in [3.8, 4) is 0 Å². The van der Waals surface area contributed by atoms with Crippen LogP contribution in [0.5, 0.6) is 0 Å². The largest absolute Gasteiger partial charge is 0.318 e. The highest BCUT2D eigenvalue weighted by atomic mass is 35.5.